The van der Waals surface area contributed by atoms with E-state index in [0.29, 0.717) is 5.54 Å². The Kier molecular flexibility index (Phi) is 5.05. The molecule has 2 heterocycles. The van der Waals surface area contributed by atoms with Crippen LogP contribution in [0.15, 0.2) is 0 Å². The largest absolute Gasteiger partial charge is 0.313 e. The van der Waals surface area contributed by atoms with Crippen molar-refractivity contribution in [2.24, 2.45) is 0 Å². The summed E-state index contributed by atoms with van der Waals surface area (Å²) >= 11 is 0. The molecule has 2 rings (SSSR count). The van der Waals surface area contributed by atoms with E-state index in [1.54, 1.807) is 0 Å². The van der Waals surface area contributed by atoms with Crippen LogP contribution in [0.25, 0.3) is 0 Å². The zero-order valence-electron chi connectivity index (χ0n) is 12.5. The monoisotopic (exact) mass is 253 g/mol. The first-order chi connectivity index (χ1) is 8.55. The first kappa shape index (κ1) is 14.3. The second kappa shape index (κ2) is 6.36. The highest BCUT2D eigenvalue weighted by molar-refractivity contribution is 4.85. The number of likely N-dealkylation sites (tertiary alicyclic amines) is 1. The summed E-state index contributed by atoms with van der Waals surface area (Å²) in [6.45, 7) is 11.9. The van der Waals surface area contributed by atoms with Crippen molar-refractivity contribution >= 4 is 0 Å². The van der Waals surface area contributed by atoms with Gasteiger partial charge in [0.15, 0.2) is 0 Å². The Morgan fingerprint density at radius 2 is 1.83 bits per heavy atom. The first-order valence-corrected chi connectivity index (χ1v) is 7.77. The van der Waals surface area contributed by atoms with Crippen LogP contribution in [0.4, 0.5) is 0 Å². The van der Waals surface area contributed by atoms with Gasteiger partial charge in [0.2, 0.25) is 0 Å². The van der Waals surface area contributed by atoms with E-state index in [-0.39, 0.29) is 0 Å². The molecular formula is C15H31N3. The van der Waals surface area contributed by atoms with E-state index in [1.807, 2.05) is 0 Å². The zero-order valence-corrected chi connectivity index (χ0v) is 12.5. The van der Waals surface area contributed by atoms with Crippen LogP contribution in [0.1, 0.15) is 52.9 Å². The summed E-state index contributed by atoms with van der Waals surface area (Å²) in [4.78, 5) is 2.62. The Morgan fingerprint density at radius 1 is 1.11 bits per heavy atom. The fraction of sp³-hybridized carbons (Fsp3) is 1.00. The van der Waals surface area contributed by atoms with Crippen molar-refractivity contribution < 1.29 is 0 Å². The second-order valence-electron chi connectivity index (χ2n) is 6.99. The molecule has 1 atom stereocenters. The molecule has 106 valence electrons. The molecular weight excluding hydrogens is 222 g/mol. The molecule has 2 aliphatic heterocycles. The predicted octanol–water partition coefficient (Wildman–Crippen LogP) is 1.98. The Balaban J connectivity index is 1.64. The molecule has 0 radical (unpaired) electrons. The van der Waals surface area contributed by atoms with Gasteiger partial charge < -0.3 is 10.6 Å². The number of hydrogen-bond donors (Lipinski definition) is 2. The number of piperidine rings is 2. The fourth-order valence-electron chi connectivity index (χ4n) is 3.16. The van der Waals surface area contributed by atoms with Gasteiger partial charge >= 0.3 is 0 Å². The van der Waals surface area contributed by atoms with Crippen LogP contribution in [0.2, 0.25) is 0 Å². The van der Waals surface area contributed by atoms with Gasteiger partial charge in [-0.3, -0.25) is 4.90 Å². The number of hydrogen-bond acceptors (Lipinski definition) is 3. The van der Waals surface area contributed by atoms with Crippen molar-refractivity contribution in [3.05, 3.63) is 0 Å². The van der Waals surface area contributed by atoms with Crippen molar-refractivity contribution in [3.8, 4) is 0 Å². The molecule has 2 fully saturated rings. The van der Waals surface area contributed by atoms with Gasteiger partial charge in [0.05, 0.1) is 0 Å². The summed E-state index contributed by atoms with van der Waals surface area (Å²) in [5.74, 6) is 0. The normalized spacial score (nSPS) is 28.5. The Hall–Kier alpha value is -0.120. The van der Waals surface area contributed by atoms with Crippen molar-refractivity contribution in [2.75, 3.05) is 26.2 Å². The van der Waals surface area contributed by atoms with Gasteiger partial charge in [-0.1, -0.05) is 6.42 Å². The van der Waals surface area contributed by atoms with E-state index in [1.165, 1.54) is 58.3 Å². The van der Waals surface area contributed by atoms with Gasteiger partial charge in [-0.2, -0.15) is 0 Å². The highest BCUT2D eigenvalue weighted by atomic mass is 15.2. The van der Waals surface area contributed by atoms with Crippen LogP contribution >= 0.6 is 0 Å². The van der Waals surface area contributed by atoms with Crippen LogP contribution in [0, 0.1) is 0 Å². The molecule has 0 bridgehead atoms. The van der Waals surface area contributed by atoms with E-state index in [9.17, 15) is 0 Å². The van der Waals surface area contributed by atoms with Crippen LogP contribution in [0.3, 0.4) is 0 Å². The maximum absolute atomic E-state index is 3.77. The first-order valence-electron chi connectivity index (χ1n) is 7.77. The average molecular weight is 253 g/mol. The van der Waals surface area contributed by atoms with Crippen molar-refractivity contribution in [1.82, 2.24) is 15.5 Å². The highest BCUT2D eigenvalue weighted by Gasteiger charge is 2.27. The number of nitrogens with zero attached hydrogens (tertiary/aromatic N) is 1. The molecule has 0 aromatic rings. The van der Waals surface area contributed by atoms with Crippen LogP contribution in [0.5, 0.6) is 0 Å². The maximum Gasteiger partial charge on any atom is 0.0192 e. The van der Waals surface area contributed by atoms with E-state index < -0.39 is 0 Å². The third-order valence-electron chi connectivity index (χ3n) is 4.51. The standard InChI is InChI=1S/C15H31N3/c1-15(2,3)18-10-7-13(8-11-18)17-12-14-6-4-5-9-16-14/h13-14,16-17H,4-12H2,1-3H3. The summed E-state index contributed by atoms with van der Waals surface area (Å²) in [7, 11) is 0. The summed E-state index contributed by atoms with van der Waals surface area (Å²) in [5.41, 5.74) is 0.343. The third kappa shape index (κ3) is 4.22. The topological polar surface area (TPSA) is 27.3 Å². The molecule has 0 spiro atoms. The molecule has 3 nitrogen and oxygen atoms in total. The van der Waals surface area contributed by atoms with E-state index in [0.717, 1.165) is 12.1 Å². The Bertz CT molecular complexity index is 233. The quantitative estimate of drug-likeness (QED) is 0.805. The lowest BCUT2D eigenvalue weighted by Crippen LogP contribution is -2.52. The van der Waals surface area contributed by atoms with Crippen LogP contribution < -0.4 is 10.6 Å². The predicted molar refractivity (Wildman–Crippen MR) is 78.0 cm³/mol. The van der Waals surface area contributed by atoms with Crippen LogP contribution in [-0.2, 0) is 0 Å². The minimum atomic E-state index is 0.343. The maximum atomic E-state index is 3.77. The summed E-state index contributed by atoms with van der Waals surface area (Å²) in [6, 6.07) is 1.46. The molecule has 18 heavy (non-hydrogen) atoms. The van der Waals surface area contributed by atoms with Crippen molar-refractivity contribution in [1.29, 1.82) is 0 Å². The lowest BCUT2D eigenvalue weighted by Gasteiger charge is -2.41. The third-order valence-corrected chi connectivity index (χ3v) is 4.51. The fourth-order valence-corrected chi connectivity index (χ4v) is 3.16. The Labute approximate surface area is 113 Å². The lowest BCUT2D eigenvalue weighted by molar-refractivity contribution is 0.0955. The summed E-state index contributed by atoms with van der Waals surface area (Å²) in [6.07, 6.45) is 6.74. The molecule has 0 saturated carbocycles. The average Bonchev–Trinajstić information content (AvgIpc) is 2.37. The number of nitrogens with one attached hydrogen (secondary N) is 2. The minimum absolute atomic E-state index is 0.343. The van der Waals surface area contributed by atoms with Crippen molar-refractivity contribution in [2.45, 2.75) is 70.5 Å². The molecule has 2 N–H and O–H groups in total. The molecule has 0 aliphatic carbocycles. The molecule has 0 aromatic carbocycles. The summed E-state index contributed by atoms with van der Waals surface area (Å²) in [5, 5.41) is 7.39. The van der Waals surface area contributed by atoms with Gasteiger partial charge in [-0.15, -0.1) is 0 Å². The smallest absolute Gasteiger partial charge is 0.0192 e. The van der Waals surface area contributed by atoms with Gasteiger partial charge in [0.1, 0.15) is 0 Å². The molecule has 0 amide bonds. The SMILES string of the molecule is CC(C)(C)N1CCC(NCC2CCCCN2)CC1. The molecule has 3 heteroatoms. The zero-order chi connectivity index (χ0) is 13.0. The number of rotatable bonds is 3. The van der Waals surface area contributed by atoms with Gasteiger partial charge in [-0.25, -0.2) is 0 Å². The van der Waals surface area contributed by atoms with Crippen LogP contribution in [-0.4, -0.2) is 48.7 Å². The van der Waals surface area contributed by atoms with E-state index >= 15 is 0 Å². The van der Waals surface area contributed by atoms with E-state index in [2.05, 4.69) is 36.3 Å². The summed E-state index contributed by atoms with van der Waals surface area (Å²) < 4.78 is 0. The van der Waals surface area contributed by atoms with Crippen molar-refractivity contribution in [3.63, 3.8) is 0 Å². The highest BCUT2D eigenvalue weighted by Crippen LogP contribution is 2.20. The Morgan fingerprint density at radius 3 is 2.39 bits per heavy atom. The second-order valence-corrected chi connectivity index (χ2v) is 6.99. The van der Waals surface area contributed by atoms with E-state index in [4.69, 9.17) is 0 Å². The molecule has 2 aliphatic rings. The van der Waals surface area contributed by atoms with Gasteiger partial charge in [0.25, 0.3) is 0 Å². The molecule has 2 saturated heterocycles. The lowest BCUT2D eigenvalue weighted by atomic mass is 9.97. The minimum Gasteiger partial charge on any atom is -0.313 e. The van der Waals surface area contributed by atoms with Gasteiger partial charge in [-0.05, 0) is 53.0 Å². The molecule has 0 aromatic heterocycles. The van der Waals surface area contributed by atoms with Gasteiger partial charge in [0, 0.05) is 37.3 Å². The molecule has 1 unspecified atom stereocenters.